The lowest BCUT2D eigenvalue weighted by Crippen LogP contribution is -2.30. The summed E-state index contributed by atoms with van der Waals surface area (Å²) < 4.78 is 11.5. The zero-order valence-corrected chi connectivity index (χ0v) is 11.7. The molecule has 1 N–H and O–H groups in total. The molecule has 1 unspecified atom stereocenters. The normalized spacial score (nSPS) is 14.6. The first-order chi connectivity index (χ1) is 9.04. The maximum Gasteiger partial charge on any atom is 0.331 e. The number of carboxylic acid groups (broad SMARTS) is 1. The Labute approximate surface area is 118 Å². The van der Waals surface area contributed by atoms with E-state index in [4.69, 9.17) is 9.47 Å². The molecule has 1 amide bonds. The van der Waals surface area contributed by atoms with E-state index in [0.717, 1.165) is 4.90 Å². The summed E-state index contributed by atoms with van der Waals surface area (Å²) in [4.78, 5) is 23.2. The topological polar surface area (TPSA) is 76.1 Å². The largest absolute Gasteiger partial charge is 0.486 e. The third-order valence-electron chi connectivity index (χ3n) is 2.74. The van der Waals surface area contributed by atoms with Gasteiger partial charge in [-0.2, -0.15) is 0 Å². The molecule has 0 fully saturated rings. The molecule has 1 aromatic carbocycles. The summed E-state index contributed by atoms with van der Waals surface area (Å²) in [6.07, 6.45) is 0.476. The summed E-state index contributed by atoms with van der Waals surface area (Å²) >= 11 is 3.32. The Kier molecular flexibility index (Phi) is 3.94. The molecule has 0 aliphatic carbocycles. The Morgan fingerprint density at radius 3 is 2.79 bits per heavy atom. The number of hydrogen-bond donors (Lipinski definition) is 1. The first-order valence-electron chi connectivity index (χ1n) is 5.53. The molecule has 0 spiro atoms. The van der Waals surface area contributed by atoms with Gasteiger partial charge in [0.2, 0.25) is 6.41 Å². The molecule has 19 heavy (non-hydrogen) atoms. The molecule has 1 atom stereocenters. The van der Waals surface area contributed by atoms with E-state index < -0.39 is 12.0 Å². The first kappa shape index (κ1) is 13.7. The van der Waals surface area contributed by atoms with Gasteiger partial charge in [-0.25, -0.2) is 4.79 Å². The van der Waals surface area contributed by atoms with E-state index in [1.54, 1.807) is 12.1 Å². The Morgan fingerprint density at radius 1 is 1.47 bits per heavy atom. The summed E-state index contributed by atoms with van der Waals surface area (Å²) in [5, 5.41) is 9.24. The van der Waals surface area contributed by atoms with E-state index in [2.05, 4.69) is 15.9 Å². The highest BCUT2D eigenvalue weighted by Crippen LogP contribution is 2.40. The second kappa shape index (κ2) is 5.48. The summed E-state index contributed by atoms with van der Waals surface area (Å²) in [7, 11) is 1.41. The molecule has 1 aliphatic heterocycles. The zero-order valence-electron chi connectivity index (χ0n) is 10.1. The van der Waals surface area contributed by atoms with Crippen LogP contribution >= 0.6 is 15.9 Å². The summed E-state index contributed by atoms with van der Waals surface area (Å²) in [5.41, 5.74) is 0.443. The maximum absolute atomic E-state index is 11.3. The van der Waals surface area contributed by atoms with Crippen molar-refractivity contribution in [3.8, 4) is 11.5 Å². The van der Waals surface area contributed by atoms with Gasteiger partial charge in [-0.05, 0) is 33.6 Å². The second-order valence-electron chi connectivity index (χ2n) is 4.04. The van der Waals surface area contributed by atoms with Crippen molar-refractivity contribution in [1.29, 1.82) is 0 Å². The Bertz CT molecular complexity index is 519. The van der Waals surface area contributed by atoms with E-state index in [0.29, 0.717) is 41.2 Å². The number of rotatable bonds is 4. The van der Waals surface area contributed by atoms with Gasteiger partial charge < -0.3 is 19.5 Å². The van der Waals surface area contributed by atoms with Crippen LogP contribution < -0.4 is 9.47 Å². The van der Waals surface area contributed by atoms with Crippen molar-refractivity contribution >= 4 is 28.3 Å². The van der Waals surface area contributed by atoms with E-state index in [9.17, 15) is 14.7 Å². The van der Waals surface area contributed by atoms with E-state index in [1.165, 1.54) is 7.05 Å². The minimum absolute atomic E-state index is 0.407. The Balaban J connectivity index is 2.46. The summed E-state index contributed by atoms with van der Waals surface area (Å²) in [5.74, 6) is -0.0905. The zero-order chi connectivity index (χ0) is 14.0. The number of halogens is 1. The minimum Gasteiger partial charge on any atom is -0.486 e. The van der Waals surface area contributed by atoms with Crippen molar-refractivity contribution in [1.82, 2.24) is 4.90 Å². The van der Waals surface area contributed by atoms with Crippen LogP contribution in [0.15, 0.2) is 16.6 Å². The average molecular weight is 330 g/mol. The summed E-state index contributed by atoms with van der Waals surface area (Å²) in [6.45, 7) is 0.853. The average Bonchev–Trinajstić information content (AvgIpc) is 2.38. The lowest BCUT2D eigenvalue weighted by atomic mass is 10.1. The number of carbonyl (C=O) groups is 2. The molecule has 7 heteroatoms. The van der Waals surface area contributed by atoms with Gasteiger partial charge >= 0.3 is 5.97 Å². The van der Waals surface area contributed by atoms with Gasteiger partial charge in [0.25, 0.3) is 0 Å². The lowest BCUT2D eigenvalue weighted by Gasteiger charge is -2.24. The fourth-order valence-electron chi connectivity index (χ4n) is 1.90. The van der Waals surface area contributed by atoms with Crippen LogP contribution in [0.5, 0.6) is 11.5 Å². The molecule has 1 aromatic rings. The van der Waals surface area contributed by atoms with Gasteiger partial charge in [0.05, 0.1) is 4.47 Å². The standard InChI is InChI=1S/C12H12BrNO5/c1-14(6-15)10(12(16)17)7-4-8(13)11-9(5-7)18-2-3-19-11/h4-6,10H,2-3H2,1H3,(H,16,17). The smallest absolute Gasteiger partial charge is 0.331 e. The van der Waals surface area contributed by atoms with Crippen molar-refractivity contribution in [3.05, 3.63) is 22.2 Å². The van der Waals surface area contributed by atoms with Crippen LogP contribution in [0, 0.1) is 0 Å². The van der Waals surface area contributed by atoms with Crippen LogP contribution in [0.2, 0.25) is 0 Å². The number of fused-ring (bicyclic) bond motifs is 1. The Hall–Kier alpha value is -1.76. The van der Waals surface area contributed by atoms with Gasteiger partial charge in [-0.1, -0.05) is 0 Å². The van der Waals surface area contributed by atoms with Gasteiger partial charge in [-0.15, -0.1) is 0 Å². The monoisotopic (exact) mass is 329 g/mol. The highest BCUT2D eigenvalue weighted by molar-refractivity contribution is 9.10. The SMILES string of the molecule is CN(C=O)C(C(=O)O)c1cc(Br)c2c(c1)OCCO2. The molecule has 102 valence electrons. The molecular weight excluding hydrogens is 318 g/mol. The highest BCUT2D eigenvalue weighted by atomic mass is 79.9. The second-order valence-corrected chi connectivity index (χ2v) is 4.89. The van der Waals surface area contributed by atoms with Gasteiger partial charge in [0, 0.05) is 7.05 Å². The van der Waals surface area contributed by atoms with Gasteiger partial charge in [-0.3, -0.25) is 4.79 Å². The van der Waals surface area contributed by atoms with Crippen LogP contribution in [0.3, 0.4) is 0 Å². The number of likely N-dealkylation sites (N-methyl/N-ethyl adjacent to an activating group) is 1. The number of carboxylic acids is 1. The van der Waals surface area contributed by atoms with Gasteiger partial charge in [0.15, 0.2) is 17.5 Å². The first-order valence-corrected chi connectivity index (χ1v) is 6.33. The number of ether oxygens (including phenoxy) is 2. The molecule has 0 bridgehead atoms. The number of benzene rings is 1. The van der Waals surface area contributed by atoms with Crippen LogP contribution in [-0.4, -0.2) is 42.6 Å². The van der Waals surface area contributed by atoms with Crippen LogP contribution in [0.1, 0.15) is 11.6 Å². The quantitative estimate of drug-likeness (QED) is 0.846. The number of amides is 1. The van der Waals surface area contributed by atoms with Crippen molar-refractivity contribution in [2.75, 3.05) is 20.3 Å². The van der Waals surface area contributed by atoms with Crippen molar-refractivity contribution in [2.45, 2.75) is 6.04 Å². The van der Waals surface area contributed by atoms with Crippen LogP contribution in [0.25, 0.3) is 0 Å². The summed E-state index contributed by atoms with van der Waals surface area (Å²) in [6, 6.07) is 2.13. The third-order valence-corrected chi connectivity index (χ3v) is 3.33. The molecule has 0 saturated carbocycles. The van der Waals surface area contributed by atoms with Crippen LogP contribution in [-0.2, 0) is 9.59 Å². The highest BCUT2D eigenvalue weighted by Gasteiger charge is 2.27. The van der Waals surface area contributed by atoms with E-state index in [-0.39, 0.29) is 0 Å². The van der Waals surface area contributed by atoms with E-state index in [1.807, 2.05) is 0 Å². The number of nitrogens with zero attached hydrogens (tertiary/aromatic N) is 1. The molecular formula is C12H12BrNO5. The van der Waals surface area contributed by atoms with Crippen molar-refractivity contribution < 1.29 is 24.2 Å². The fraction of sp³-hybridized carbons (Fsp3) is 0.333. The predicted octanol–water partition coefficient (Wildman–Crippen LogP) is 1.43. The van der Waals surface area contributed by atoms with Crippen molar-refractivity contribution in [2.24, 2.45) is 0 Å². The molecule has 2 rings (SSSR count). The molecule has 0 saturated heterocycles. The number of hydrogen-bond acceptors (Lipinski definition) is 4. The molecule has 0 aromatic heterocycles. The fourth-order valence-corrected chi connectivity index (χ4v) is 2.48. The molecule has 6 nitrogen and oxygen atoms in total. The minimum atomic E-state index is -1.11. The third kappa shape index (κ3) is 2.65. The maximum atomic E-state index is 11.3. The molecule has 1 aliphatic rings. The Morgan fingerprint density at radius 2 is 2.16 bits per heavy atom. The molecule has 1 heterocycles. The van der Waals surface area contributed by atoms with E-state index >= 15 is 0 Å². The number of aliphatic carboxylic acids is 1. The van der Waals surface area contributed by atoms with Crippen molar-refractivity contribution in [3.63, 3.8) is 0 Å². The number of carbonyl (C=O) groups excluding carboxylic acids is 1. The molecule has 0 radical (unpaired) electrons. The lowest BCUT2D eigenvalue weighted by molar-refractivity contribution is -0.145. The van der Waals surface area contributed by atoms with Gasteiger partial charge in [0.1, 0.15) is 13.2 Å². The predicted molar refractivity (Wildman–Crippen MR) is 69.3 cm³/mol. The van der Waals surface area contributed by atoms with Crippen LogP contribution in [0.4, 0.5) is 0 Å².